The van der Waals surface area contributed by atoms with Crippen molar-refractivity contribution in [2.24, 2.45) is 0 Å². The summed E-state index contributed by atoms with van der Waals surface area (Å²) in [6, 6.07) is 5.38. The summed E-state index contributed by atoms with van der Waals surface area (Å²) < 4.78 is 4.53. The van der Waals surface area contributed by atoms with Crippen molar-refractivity contribution in [2.75, 3.05) is 29.7 Å². The van der Waals surface area contributed by atoms with Crippen molar-refractivity contribution in [3.63, 3.8) is 0 Å². The topological polar surface area (TPSA) is 81.4 Å². The van der Waals surface area contributed by atoms with E-state index in [9.17, 15) is 9.59 Å². The van der Waals surface area contributed by atoms with Crippen LogP contribution in [0.25, 0.3) is 0 Å². The molecule has 1 aromatic carbocycles. The fraction of sp³-hybridized carbons (Fsp3) is 0.429. The summed E-state index contributed by atoms with van der Waals surface area (Å²) in [4.78, 5) is 22.6. The Balaban J connectivity index is 2.25. The van der Waals surface area contributed by atoms with Gasteiger partial charge in [-0.2, -0.15) is 11.8 Å². The highest BCUT2D eigenvalue weighted by Crippen LogP contribution is 2.18. The number of ether oxygens (including phenoxy) is 1. The lowest BCUT2D eigenvalue weighted by Gasteiger charge is -2.08. The number of benzene rings is 1. The number of nitrogens with one attached hydrogen (secondary N) is 1. The molecule has 0 radical (unpaired) electrons. The minimum absolute atomic E-state index is 0.0310. The van der Waals surface area contributed by atoms with Crippen LogP contribution in [0.4, 0.5) is 11.4 Å². The Kier molecular flexibility index (Phi) is 6.93. The Morgan fingerprint density at radius 3 is 2.80 bits per heavy atom. The Labute approximate surface area is 123 Å². The number of nitrogen functional groups attached to an aromatic ring is 1. The molecular formula is C14H20N2O3S. The van der Waals surface area contributed by atoms with E-state index in [2.05, 4.69) is 10.1 Å². The maximum absolute atomic E-state index is 11.8. The number of methoxy groups -OCH3 is 1. The van der Waals surface area contributed by atoms with Gasteiger partial charge in [0, 0.05) is 17.8 Å². The SMILES string of the molecule is COC(=O)CSCCCC(=O)Nc1ccc(N)cc1C. The first-order valence-corrected chi connectivity index (χ1v) is 7.49. The zero-order valence-corrected chi connectivity index (χ0v) is 12.6. The van der Waals surface area contributed by atoms with Crippen LogP contribution in [0.1, 0.15) is 18.4 Å². The Morgan fingerprint density at radius 2 is 2.15 bits per heavy atom. The molecule has 5 nitrogen and oxygen atoms in total. The average Bonchev–Trinajstić information content (AvgIpc) is 2.41. The second kappa shape index (κ2) is 8.47. The largest absolute Gasteiger partial charge is 0.468 e. The van der Waals surface area contributed by atoms with Crippen molar-refractivity contribution < 1.29 is 14.3 Å². The molecule has 0 fully saturated rings. The number of carbonyl (C=O) groups excluding carboxylic acids is 2. The van der Waals surface area contributed by atoms with Crippen molar-refractivity contribution in [3.8, 4) is 0 Å². The van der Waals surface area contributed by atoms with Crippen molar-refractivity contribution in [1.29, 1.82) is 0 Å². The molecule has 0 heterocycles. The van der Waals surface area contributed by atoms with Crippen LogP contribution in [0.5, 0.6) is 0 Å². The van der Waals surface area contributed by atoms with E-state index < -0.39 is 0 Å². The van der Waals surface area contributed by atoms with Gasteiger partial charge in [0.25, 0.3) is 0 Å². The Bertz CT molecular complexity index is 477. The van der Waals surface area contributed by atoms with Crippen molar-refractivity contribution in [3.05, 3.63) is 23.8 Å². The van der Waals surface area contributed by atoms with E-state index in [-0.39, 0.29) is 11.9 Å². The first kappa shape index (κ1) is 16.4. The summed E-state index contributed by atoms with van der Waals surface area (Å²) >= 11 is 1.47. The number of nitrogens with two attached hydrogens (primary N) is 1. The number of esters is 1. The molecule has 0 saturated carbocycles. The van der Waals surface area contributed by atoms with Crippen LogP contribution < -0.4 is 11.1 Å². The standard InChI is InChI=1S/C14H20N2O3S/c1-10-8-11(15)5-6-12(10)16-13(17)4-3-7-20-9-14(18)19-2/h5-6,8H,3-4,7,9,15H2,1-2H3,(H,16,17). The van der Waals surface area contributed by atoms with E-state index in [0.29, 0.717) is 17.9 Å². The molecule has 1 aromatic rings. The number of amides is 1. The number of hydrogen-bond acceptors (Lipinski definition) is 5. The number of aryl methyl sites for hydroxylation is 1. The fourth-order valence-corrected chi connectivity index (χ4v) is 2.37. The van der Waals surface area contributed by atoms with Crippen molar-refractivity contribution in [2.45, 2.75) is 19.8 Å². The van der Waals surface area contributed by atoms with Gasteiger partial charge in [-0.1, -0.05) is 0 Å². The van der Waals surface area contributed by atoms with E-state index in [4.69, 9.17) is 5.73 Å². The lowest BCUT2D eigenvalue weighted by atomic mass is 10.1. The van der Waals surface area contributed by atoms with Crippen LogP contribution in [0, 0.1) is 6.92 Å². The van der Waals surface area contributed by atoms with Gasteiger partial charge in [-0.3, -0.25) is 9.59 Å². The van der Waals surface area contributed by atoms with E-state index in [1.807, 2.05) is 13.0 Å². The molecule has 0 aliphatic rings. The lowest BCUT2D eigenvalue weighted by molar-refractivity contribution is -0.137. The normalized spacial score (nSPS) is 10.1. The summed E-state index contributed by atoms with van der Waals surface area (Å²) in [7, 11) is 1.37. The summed E-state index contributed by atoms with van der Waals surface area (Å²) in [6.07, 6.45) is 1.15. The molecule has 0 atom stereocenters. The van der Waals surface area contributed by atoms with Gasteiger partial charge in [-0.05, 0) is 42.9 Å². The molecule has 20 heavy (non-hydrogen) atoms. The third-order valence-electron chi connectivity index (χ3n) is 2.66. The number of anilines is 2. The molecule has 1 rings (SSSR count). The van der Waals surface area contributed by atoms with E-state index in [1.54, 1.807) is 12.1 Å². The molecule has 0 spiro atoms. The molecule has 0 aliphatic carbocycles. The number of thioether (sulfide) groups is 1. The second-order valence-corrected chi connectivity index (χ2v) is 5.46. The molecule has 0 bridgehead atoms. The van der Waals surface area contributed by atoms with Crippen LogP contribution in [-0.2, 0) is 14.3 Å². The summed E-state index contributed by atoms with van der Waals surface area (Å²) in [5, 5.41) is 2.85. The fourth-order valence-electron chi connectivity index (χ4n) is 1.59. The minimum atomic E-state index is -0.239. The molecule has 0 aliphatic heterocycles. The lowest BCUT2D eigenvalue weighted by Crippen LogP contribution is -2.12. The molecule has 6 heteroatoms. The molecule has 0 unspecified atom stereocenters. The predicted octanol–water partition coefficient (Wildman–Crippen LogP) is 2.20. The van der Waals surface area contributed by atoms with Gasteiger partial charge in [-0.25, -0.2) is 0 Å². The molecule has 1 amide bonds. The smallest absolute Gasteiger partial charge is 0.315 e. The van der Waals surface area contributed by atoms with Crippen LogP contribution in [0.3, 0.4) is 0 Å². The summed E-state index contributed by atoms with van der Waals surface area (Å²) in [6.45, 7) is 1.90. The van der Waals surface area contributed by atoms with E-state index >= 15 is 0 Å². The zero-order valence-electron chi connectivity index (χ0n) is 11.8. The third-order valence-corrected chi connectivity index (χ3v) is 3.68. The first-order valence-electron chi connectivity index (χ1n) is 6.33. The molecule has 0 saturated heterocycles. The number of rotatable bonds is 7. The first-order chi connectivity index (χ1) is 9.52. The highest BCUT2D eigenvalue weighted by Gasteiger charge is 2.05. The van der Waals surface area contributed by atoms with Crippen LogP contribution in [-0.4, -0.2) is 30.5 Å². The van der Waals surface area contributed by atoms with Gasteiger partial charge < -0.3 is 15.8 Å². The average molecular weight is 296 g/mol. The monoisotopic (exact) mass is 296 g/mol. The van der Waals surface area contributed by atoms with Crippen LogP contribution in [0.2, 0.25) is 0 Å². The maximum Gasteiger partial charge on any atom is 0.315 e. The molecule has 3 N–H and O–H groups in total. The van der Waals surface area contributed by atoms with Gasteiger partial charge >= 0.3 is 5.97 Å². The quantitative estimate of drug-likeness (QED) is 0.458. The third kappa shape index (κ3) is 5.97. The highest BCUT2D eigenvalue weighted by molar-refractivity contribution is 7.99. The highest BCUT2D eigenvalue weighted by atomic mass is 32.2. The van der Waals surface area contributed by atoms with Crippen LogP contribution >= 0.6 is 11.8 Å². The molecular weight excluding hydrogens is 276 g/mol. The zero-order chi connectivity index (χ0) is 15.0. The van der Waals surface area contributed by atoms with Gasteiger partial charge in [-0.15, -0.1) is 0 Å². The van der Waals surface area contributed by atoms with E-state index in [0.717, 1.165) is 23.4 Å². The number of carbonyl (C=O) groups is 2. The maximum atomic E-state index is 11.8. The predicted molar refractivity (Wildman–Crippen MR) is 82.8 cm³/mol. The van der Waals surface area contributed by atoms with Gasteiger partial charge in [0.1, 0.15) is 0 Å². The van der Waals surface area contributed by atoms with Gasteiger partial charge in [0.2, 0.25) is 5.91 Å². The van der Waals surface area contributed by atoms with Gasteiger partial charge in [0.05, 0.1) is 12.9 Å². The van der Waals surface area contributed by atoms with Crippen molar-refractivity contribution >= 4 is 35.0 Å². The van der Waals surface area contributed by atoms with Crippen molar-refractivity contribution in [1.82, 2.24) is 0 Å². The van der Waals surface area contributed by atoms with Crippen LogP contribution in [0.15, 0.2) is 18.2 Å². The summed E-state index contributed by atoms with van der Waals surface area (Å²) in [5.41, 5.74) is 8.06. The summed E-state index contributed by atoms with van der Waals surface area (Å²) in [5.74, 6) is 0.812. The number of hydrogen-bond donors (Lipinski definition) is 2. The minimum Gasteiger partial charge on any atom is -0.468 e. The molecule has 110 valence electrons. The van der Waals surface area contributed by atoms with Gasteiger partial charge in [0.15, 0.2) is 0 Å². The molecule has 0 aromatic heterocycles. The Morgan fingerprint density at radius 1 is 1.40 bits per heavy atom. The second-order valence-electron chi connectivity index (χ2n) is 4.35. The van der Waals surface area contributed by atoms with E-state index in [1.165, 1.54) is 18.9 Å². The Hall–Kier alpha value is -1.69.